The van der Waals surface area contributed by atoms with Crippen molar-refractivity contribution in [3.63, 3.8) is 0 Å². The lowest BCUT2D eigenvalue weighted by molar-refractivity contribution is -0.0498. The summed E-state index contributed by atoms with van der Waals surface area (Å²) in [5.41, 5.74) is 1.40. The third kappa shape index (κ3) is 4.56. The quantitative estimate of drug-likeness (QED) is 0.583. The lowest BCUT2D eigenvalue weighted by atomic mass is 10.0. The fraction of sp³-hybridized carbons (Fsp3) is 0.188. The predicted octanol–water partition coefficient (Wildman–Crippen LogP) is 4.44. The summed E-state index contributed by atoms with van der Waals surface area (Å²) in [6, 6.07) is 13.5. The Morgan fingerprint density at radius 2 is 1.71 bits per heavy atom. The fourth-order valence-electron chi connectivity index (χ4n) is 1.85. The van der Waals surface area contributed by atoms with Gasteiger partial charge in [-0.15, -0.1) is 11.8 Å². The lowest BCUT2D eigenvalue weighted by Crippen LogP contribution is -2.04. The molecule has 0 aliphatic carbocycles. The van der Waals surface area contributed by atoms with Crippen molar-refractivity contribution in [1.82, 2.24) is 0 Å². The molecule has 0 fully saturated rings. The smallest absolute Gasteiger partial charge is 0.387 e. The van der Waals surface area contributed by atoms with Gasteiger partial charge in [0.05, 0.1) is 0 Å². The topological polar surface area (TPSA) is 26.3 Å². The van der Waals surface area contributed by atoms with Crippen LogP contribution in [0, 0.1) is 0 Å². The number of ketones is 1. The number of halogens is 2. The van der Waals surface area contributed by atoms with Gasteiger partial charge in [0.15, 0.2) is 5.78 Å². The summed E-state index contributed by atoms with van der Waals surface area (Å²) in [5.74, 6) is 0.0794. The minimum absolute atomic E-state index is 0.00909. The SMILES string of the molecule is CSc1ccc(C(=O)Cc2ccc(OC(F)F)cc2)cc1. The van der Waals surface area contributed by atoms with Crippen LogP contribution in [-0.4, -0.2) is 18.7 Å². The molecule has 5 heteroatoms. The second kappa shape index (κ2) is 7.22. The summed E-state index contributed by atoms with van der Waals surface area (Å²) >= 11 is 1.61. The molecule has 0 amide bonds. The highest BCUT2D eigenvalue weighted by Gasteiger charge is 2.08. The van der Waals surface area contributed by atoms with E-state index in [1.54, 1.807) is 36.0 Å². The maximum absolute atomic E-state index is 12.1. The zero-order chi connectivity index (χ0) is 15.2. The van der Waals surface area contributed by atoms with Crippen LogP contribution in [0.2, 0.25) is 0 Å². The van der Waals surface area contributed by atoms with E-state index in [0.717, 1.165) is 10.5 Å². The van der Waals surface area contributed by atoms with Crippen LogP contribution in [0.5, 0.6) is 5.75 Å². The van der Waals surface area contributed by atoms with Crippen LogP contribution >= 0.6 is 11.8 Å². The van der Waals surface area contributed by atoms with Crippen LogP contribution in [0.3, 0.4) is 0 Å². The minimum Gasteiger partial charge on any atom is -0.435 e. The average Bonchev–Trinajstić information content (AvgIpc) is 2.49. The number of benzene rings is 2. The van der Waals surface area contributed by atoms with E-state index in [9.17, 15) is 13.6 Å². The summed E-state index contributed by atoms with van der Waals surface area (Å²) in [4.78, 5) is 13.2. The van der Waals surface area contributed by atoms with Crippen molar-refractivity contribution in [2.45, 2.75) is 17.9 Å². The van der Waals surface area contributed by atoms with Gasteiger partial charge in [0, 0.05) is 16.9 Å². The molecule has 0 heterocycles. The first-order valence-corrected chi connectivity index (χ1v) is 7.52. The van der Waals surface area contributed by atoms with Crippen LogP contribution < -0.4 is 4.74 Å². The molecule has 2 nitrogen and oxygen atoms in total. The van der Waals surface area contributed by atoms with E-state index >= 15 is 0 Å². The molecule has 0 spiro atoms. The Morgan fingerprint density at radius 1 is 1.10 bits per heavy atom. The van der Waals surface area contributed by atoms with Crippen molar-refractivity contribution in [3.8, 4) is 5.75 Å². The molecule has 110 valence electrons. The number of hydrogen-bond donors (Lipinski definition) is 0. The van der Waals surface area contributed by atoms with Gasteiger partial charge in [-0.25, -0.2) is 0 Å². The van der Waals surface area contributed by atoms with Crippen LogP contribution in [-0.2, 0) is 6.42 Å². The molecule has 0 aliphatic rings. The molecular weight excluding hydrogens is 294 g/mol. The number of Topliss-reactive ketones (excluding diaryl/α,β-unsaturated/α-hetero) is 1. The lowest BCUT2D eigenvalue weighted by Gasteiger charge is -2.06. The van der Waals surface area contributed by atoms with E-state index in [-0.39, 0.29) is 18.0 Å². The Balaban J connectivity index is 2.01. The molecule has 0 aromatic heterocycles. The third-order valence-electron chi connectivity index (χ3n) is 2.93. The fourth-order valence-corrected chi connectivity index (χ4v) is 2.26. The molecule has 0 atom stereocenters. The largest absolute Gasteiger partial charge is 0.435 e. The molecule has 0 saturated carbocycles. The number of carbonyl (C=O) groups excluding carboxylic acids is 1. The van der Waals surface area contributed by atoms with Gasteiger partial charge in [-0.05, 0) is 36.1 Å². The van der Waals surface area contributed by atoms with Crippen LogP contribution in [0.15, 0.2) is 53.4 Å². The Hall–Kier alpha value is -1.88. The van der Waals surface area contributed by atoms with Crippen molar-refractivity contribution < 1.29 is 18.3 Å². The zero-order valence-corrected chi connectivity index (χ0v) is 12.2. The van der Waals surface area contributed by atoms with Gasteiger partial charge in [0.25, 0.3) is 0 Å². The average molecular weight is 308 g/mol. The third-order valence-corrected chi connectivity index (χ3v) is 3.67. The van der Waals surface area contributed by atoms with Gasteiger partial charge >= 0.3 is 6.61 Å². The van der Waals surface area contributed by atoms with Crippen molar-refractivity contribution in [2.24, 2.45) is 0 Å². The molecular formula is C16H14F2O2S. The molecule has 2 rings (SSSR count). The second-order valence-corrected chi connectivity index (χ2v) is 5.23. The summed E-state index contributed by atoms with van der Waals surface area (Å²) in [6.07, 6.45) is 2.20. The van der Waals surface area contributed by atoms with E-state index in [1.165, 1.54) is 12.1 Å². The van der Waals surface area contributed by atoms with Crippen molar-refractivity contribution >= 4 is 17.5 Å². The molecule has 0 radical (unpaired) electrons. The summed E-state index contributed by atoms with van der Waals surface area (Å²) in [6.45, 7) is -2.84. The standard InChI is InChI=1S/C16H14F2O2S/c1-21-14-8-4-12(5-9-14)15(19)10-11-2-6-13(7-3-11)20-16(17)18/h2-9,16H,10H2,1H3. The van der Waals surface area contributed by atoms with Gasteiger partial charge in [-0.3, -0.25) is 4.79 Å². The van der Waals surface area contributed by atoms with Gasteiger partial charge in [-0.2, -0.15) is 8.78 Å². The first-order valence-electron chi connectivity index (χ1n) is 6.29. The highest BCUT2D eigenvalue weighted by molar-refractivity contribution is 7.98. The van der Waals surface area contributed by atoms with Crippen molar-refractivity contribution in [2.75, 3.05) is 6.26 Å². The molecule has 2 aromatic rings. The monoisotopic (exact) mass is 308 g/mol. The first kappa shape index (κ1) is 15.5. The van der Waals surface area contributed by atoms with Crippen LogP contribution in [0.1, 0.15) is 15.9 Å². The summed E-state index contributed by atoms with van der Waals surface area (Å²) < 4.78 is 28.3. The van der Waals surface area contributed by atoms with Gasteiger partial charge < -0.3 is 4.74 Å². The predicted molar refractivity (Wildman–Crippen MR) is 79.3 cm³/mol. The van der Waals surface area contributed by atoms with Gasteiger partial charge in [0.2, 0.25) is 0 Å². The van der Waals surface area contributed by atoms with E-state index in [1.807, 2.05) is 18.4 Å². The highest BCUT2D eigenvalue weighted by Crippen LogP contribution is 2.18. The van der Waals surface area contributed by atoms with E-state index in [0.29, 0.717) is 5.56 Å². The second-order valence-electron chi connectivity index (χ2n) is 4.35. The summed E-state index contributed by atoms with van der Waals surface area (Å²) in [7, 11) is 0. The maximum atomic E-state index is 12.1. The number of ether oxygens (including phenoxy) is 1. The van der Waals surface area contributed by atoms with E-state index in [2.05, 4.69) is 4.74 Å². The number of thioether (sulfide) groups is 1. The Labute approximate surface area is 126 Å². The zero-order valence-electron chi connectivity index (χ0n) is 11.4. The number of hydrogen-bond acceptors (Lipinski definition) is 3. The van der Waals surface area contributed by atoms with Gasteiger partial charge in [0.1, 0.15) is 5.75 Å². The molecule has 0 bridgehead atoms. The van der Waals surface area contributed by atoms with E-state index < -0.39 is 6.61 Å². The molecule has 21 heavy (non-hydrogen) atoms. The Morgan fingerprint density at radius 3 is 2.24 bits per heavy atom. The van der Waals surface area contributed by atoms with Crippen LogP contribution in [0.4, 0.5) is 8.78 Å². The van der Waals surface area contributed by atoms with Crippen LogP contribution in [0.25, 0.3) is 0 Å². The normalized spacial score (nSPS) is 10.7. The molecule has 0 N–H and O–H groups in total. The molecule has 0 unspecified atom stereocenters. The van der Waals surface area contributed by atoms with Gasteiger partial charge in [-0.1, -0.05) is 24.3 Å². The number of rotatable bonds is 6. The first-order chi connectivity index (χ1) is 10.1. The Kier molecular flexibility index (Phi) is 5.33. The Bertz CT molecular complexity index is 595. The highest BCUT2D eigenvalue weighted by atomic mass is 32.2. The summed E-state index contributed by atoms with van der Waals surface area (Å²) in [5, 5.41) is 0. The minimum atomic E-state index is -2.84. The molecule has 0 aliphatic heterocycles. The van der Waals surface area contributed by atoms with Crippen molar-refractivity contribution in [3.05, 3.63) is 59.7 Å². The maximum Gasteiger partial charge on any atom is 0.387 e. The molecule has 0 saturated heterocycles. The van der Waals surface area contributed by atoms with E-state index in [4.69, 9.17) is 0 Å². The number of carbonyl (C=O) groups is 1. The number of alkyl halides is 2. The molecule has 2 aromatic carbocycles. The van der Waals surface area contributed by atoms with Crippen molar-refractivity contribution in [1.29, 1.82) is 0 Å².